The maximum Gasteiger partial charge on any atom is 0.222 e. The molecule has 0 aliphatic carbocycles. The summed E-state index contributed by atoms with van der Waals surface area (Å²) in [6.07, 6.45) is 1.93. The summed E-state index contributed by atoms with van der Waals surface area (Å²) in [4.78, 5) is 15.0. The molecule has 0 unspecified atom stereocenters. The zero-order valence-electron chi connectivity index (χ0n) is 24.1. The fourth-order valence-electron chi connectivity index (χ4n) is 4.73. The highest BCUT2D eigenvalue weighted by atomic mass is 32.2. The zero-order valence-corrected chi connectivity index (χ0v) is 24.9. The summed E-state index contributed by atoms with van der Waals surface area (Å²) in [5.41, 5.74) is 7.62. The van der Waals surface area contributed by atoms with E-state index in [1.54, 1.807) is 14.2 Å². The molecule has 1 amide bonds. The Morgan fingerprint density at radius 2 is 1.87 bits per heavy atom. The Morgan fingerprint density at radius 3 is 2.53 bits per heavy atom. The highest BCUT2D eigenvalue weighted by Crippen LogP contribution is 2.31. The van der Waals surface area contributed by atoms with Crippen molar-refractivity contribution in [3.05, 3.63) is 23.8 Å². The van der Waals surface area contributed by atoms with Crippen molar-refractivity contribution in [2.45, 2.75) is 58.6 Å². The first-order valence-electron chi connectivity index (χ1n) is 14.0. The van der Waals surface area contributed by atoms with Gasteiger partial charge >= 0.3 is 0 Å². The molecule has 0 saturated carbocycles. The van der Waals surface area contributed by atoms with Crippen LogP contribution in [0.15, 0.2) is 18.2 Å². The second-order valence-corrected chi connectivity index (χ2v) is 12.0. The van der Waals surface area contributed by atoms with Crippen LogP contribution < -0.4 is 20.5 Å². The van der Waals surface area contributed by atoms with Gasteiger partial charge < -0.3 is 30.4 Å². The number of carbonyl (C=O) groups is 1. The van der Waals surface area contributed by atoms with Gasteiger partial charge in [-0.15, -0.1) is 0 Å². The van der Waals surface area contributed by atoms with E-state index in [0.29, 0.717) is 44.3 Å². The number of benzene rings is 1. The molecule has 218 valence electrons. The van der Waals surface area contributed by atoms with Crippen LogP contribution in [0, 0.1) is 17.8 Å². The molecule has 4 atom stereocenters. The molecule has 1 aliphatic rings. The van der Waals surface area contributed by atoms with E-state index in [4.69, 9.17) is 19.9 Å². The smallest absolute Gasteiger partial charge is 0.222 e. The number of hydrogen-bond donors (Lipinski definition) is 3. The number of aliphatic hydroxyl groups excluding tert-OH is 1. The summed E-state index contributed by atoms with van der Waals surface area (Å²) in [6, 6.07) is 5.65. The van der Waals surface area contributed by atoms with Gasteiger partial charge in [0.15, 0.2) is 11.5 Å². The van der Waals surface area contributed by atoms with Gasteiger partial charge in [0.1, 0.15) is 0 Å². The highest BCUT2D eigenvalue weighted by molar-refractivity contribution is 7.99. The predicted octanol–water partition coefficient (Wildman–Crippen LogP) is 3.19. The van der Waals surface area contributed by atoms with Crippen LogP contribution in [0.1, 0.15) is 45.6 Å². The Hall–Kier alpha value is -1.52. The van der Waals surface area contributed by atoms with Gasteiger partial charge in [0, 0.05) is 69.8 Å². The largest absolute Gasteiger partial charge is 0.493 e. The first-order chi connectivity index (χ1) is 18.2. The van der Waals surface area contributed by atoms with Gasteiger partial charge in [0.25, 0.3) is 0 Å². The Morgan fingerprint density at radius 1 is 1.13 bits per heavy atom. The van der Waals surface area contributed by atoms with E-state index in [0.717, 1.165) is 55.3 Å². The topological polar surface area (TPSA) is 106 Å². The van der Waals surface area contributed by atoms with Crippen molar-refractivity contribution >= 4 is 17.7 Å². The van der Waals surface area contributed by atoms with Crippen LogP contribution in [0.3, 0.4) is 0 Å². The molecule has 8 nitrogen and oxygen atoms in total. The molecule has 1 fully saturated rings. The molecule has 38 heavy (non-hydrogen) atoms. The summed E-state index contributed by atoms with van der Waals surface area (Å²) in [5, 5.41) is 13.9. The number of aliphatic hydroxyl groups is 1. The van der Waals surface area contributed by atoms with Crippen LogP contribution in [0.25, 0.3) is 0 Å². The number of carbonyl (C=O) groups excluding carboxylic acids is 1. The molecule has 0 aromatic heterocycles. The van der Waals surface area contributed by atoms with E-state index in [1.807, 2.05) is 30.8 Å². The standard InChI is InChI=1S/C29H51N3O5S/c1-21(2)24(18-23-7-8-27(36-5)28(19-23)37-14-6-13-35-4)20-25(30)26(33)17-22(3)29(34)31-9-10-32-11-15-38-16-12-32/h7-8,19,21-22,24-26,33H,6,9-18,20,30H2,1-5H3,(H,31,34)/t22-,24+,25+,26+/m1/s1. The molecule has 1 aromatic carbocycles. The lowest BCUT2D eigenvalue weighted by molar-refractivity contribution is -0.125. The number of nitrogens with one attached hydrogen (secondary N) is 1. The lowest BCUT2D eigenvalue weighted by Crippen LogP contribution is -2.43. The second-order valence-electron chi connectivity index (χ2n) is 10.7. The highest BCUT2D eigenvalue weighted by Gasteiger charge is 2.26. The molecular weight excluding hydrogens is 502 g/mol. The summed E-state index contributed by atoms with van der Waals surface area (Å²) in [7, 11) is 3.32. The lowest BCUT2D eigenvalue weighted by atomic mass is 9.82. The predicted molar refractivity (Wildman–Crippen MR) is 156 cm³/mol. The molecule has 0 radical (unpaired) electrons. The van der Waals surface area contributed by atoms with Crippen molar-refractivity contribution < 1.29 is 24.1 Å². The van der Waals surface area contributed by atoms with Crippen LogP contribution in [-0.4, -0.2) is 93.2 Å². The van der Waals surface area contributed by atoms with Gasteiger partial charge in [0.2, 0.25) is 5.91 Å². The number of ether oxygens (including phenoxy) is 3. The number of amides is 1. The number of thioether (sulfide) groups is 1. The average molecular weight is 554 g/mol. The zero-order chi connectivity index (χ0) is 27.9. The van der Waals surface area contributed by atoms with E-state index in [9.17, 15) is 9.90 Å². The lowest BCUT2D eigenvalue weighted by Gasteiger charge is -2.29. The van der Waals surface area contributed by atoms with Crippen LogP contribution >= 0.6 is 11.8 Å². The van der Waals surface area contributed by atoms with Crippen LogP contribution in [0.2, 0.25) is 0 Å². The minimum absolute atomic E-state index is 0.0145. The molecule has 4 N–H and O–H groups in total. The van der Waals surface area contributed by atoms with E-state index in [-0.39, 0.29) is 17.7 Å². The number of nitrogens with two attached hydrogens (primary N) is 1. The average Bonchev–Trinajstić information content (AvgIpc) is 2.91. The fraction of sp³-hybridized carbons (Fsp3) is 0.759. The van der Waals surface area contributed by atoms with Crippen molar-refractivity contribution in [2.75, 3.05) is 65.1 Å². The summed E-state index contributed by atoms with van der Waals surface area (Å²) in [6.45, 7) is 11.1. The third kappa shape index (κ3) is 11.7. The Labute approximate surface area is 234 Å². The quantitative estimate of drug-likeness (QED) is 0.238. The van der Waals surface area contributed by atoms with Crippen molar-refractivity contribution in [2.24, 2.45) is 23.5 Å². The van der Waals surface area contributed by atoms with E-state index in [1.165, 1.54) is 0 Å². The summed E-state index contributed by atoms with van der Waals surface area (Å²) in [5.74, 6) is 4.12. The van der Waals surface area contributed by atoms with Gasteiger partial charge in [-0.1, -0.05) is 26.8 Å². The van der Waals surface area contributed by atoms with E-state index < -0.39 is 12.1 Å². The van der Waals surface area contributed by atoms with E-state index in [2.05, 4.69) is 30.1 Å². The number of nitrogens with zero attached hydrogens (tertiary/aromatic N) is 1. The van der Waals surface area contributed by atoms with Gasteiger partial charge in [0.05, 0.1) is 19.8 Å². The van der Waals surface area contributed by atoms with Crippen LogP contribution in [0.5, 0.6) is 11.5 Å². The monoisotopic (exact) mass is 553 g/mol. The molecule has 1 heterocycles. The number of methoxy groups -OCH3 is 2. The summed E-state index contributed by atoms with van der Waals surface area (Å²) >= 11 is 1.98. The third-order valence-electron chi connectivity index (χ3n) is 7.36. The van der Waals surface area contributed by atoms with Crippen LogP contribution in [-0.2, 0) is 16.0 Å². The third-order valence-corrected chi connectivity index (χ3v) is 8.30. The SMILES string of the molecule is COCCCOc1cc(C[C@@H](C[C@H](N)[C@@H](O)C[C@@H](C)C(=O)NCCN2CCSCC2)C(C)C)ccc1OC. The van der Waals surface area contributed by atoms with Crippen molar-refractivity contribution in [3.8, 4) is 11.5 Å². The normalized spacial score (nSPS) is 17.6. The van der Waals surface area contributed by atoms with E-state index >= 15 is 0 Å². The molecule has 2 rings (SSSR count). The Balaban J connectivity index is 1.85. The molecule has 1 saturated heterocycles. The number of rotatable bonds is 18. The van der Waals surface area contributed by atoms with Gasteiger partial charge in [-0.05, 0) is 48.8 Å². The van der Waals surface area contributed by atoms with Gasteiger partial charge in [-0.3, -0.25) is 9.69 Å². The van der Waals surface area contributed by atoms with Crippen LogP contribution in [0.4, 0.5) is 0 Å². The maximum atomic E-state index is 12.6. The van der Waals surface area contributed by atoms with Crippen molar-refractivity contribution in [3.63, 3.8) is 0 Å². The second kappa shape index (κ2) is 17.9. The molecule has 9 heteroatoms. The van der Waals surface area contributed by atoms with Gasteiger partial charge in [-0.25, -0.2) is 0 Å². The minimum atomic E-state index is -0.730. The molecule has 1 aliphatic heterocycles. The van der Waals surface area contributed by atoms with Crippen molar-refractivity contribution in [1.29, 1.82) is 0 Å². The summed E-state index contributed by atoms with van der Waals surface area (Å²) < 4.78 is 16.5. The number of hydrogen-bond acceptors (Lipinski definition) is 8. The van der Waals surface area contributed by atoms with Gasteiger partial charge in [-0.2, -0.15) is 11.8 Å². The van der Waals surface area contributed by atoms with Crippen molar-refractivity contribution in [1.82, 2.24) is 10.2 Å². The molecule has 0 bridgehead atoms. The fourth-order valence-corrected chi connectivity index (χ4v) is 5.71. The Kier molecular flexibility index (Phi) is 15.4. The molecule has 1 aromatic rings. The maximum absolute atomic E-state index is 12.6. The minimum Gasteiger partial charge on any atom is -0.493 e. The Bertz CT molecular complexity index is 806. The first kappa shape index (κ1) is 32.7. The molecule has 0 spiro atoms. The molecular formula is C29H51N3O5S. The first-order valence-corrected chi connectivity index (χ1v) is 15.2.